The van der Waals surface area contributed by atoms with Crippen LogP contribution in [0, 0.1) is 0 Å². The van der Waals surface area contributed by atoms with E-state index in [9.17, 15) is 9.59 Å². The van der Waals surface area contributed by atoms with Crippen molar-refractivity contribution in [2.45, 2.75) is 37.8 Å². The maximum absolute atomic E-state index is 12.7. The molecule has 2 aliphatic rings. The van der Waals surface area contributed by atoms with E-state index in [4.69, 9.17) is 4.74 Å². The first-order valence-electron chi connectivity index (χ1n) is 9.28. The SMILES string of the molecule is COc1cc(N(C2CC2)C2CCN(C(=O)c3ccc[nH]c3=O)CC2)ncn1. The van der Waals surface area contributed by atoms with Gasteiger partial charge in [-0.1, -0.05) is 0 Å². The smallest absolute Gasteiger partial charge is 0.260 e. The second-order valence-electron chi connectivity index (χ2n) is 6.99. The molecule has 0 atom stereocenters. The average molecular weight is 369 g/mol. The second-order valence-corrected chi connectivity index (χ2v) is 6.99. The summed E-state index contributed by atoms with van der Waals surface area (Å²) in [4.78, 5) is 39.8. The number of aromatic nitrogens is 3. The molecule has 1 amide bonds. The van der Waals surface area contributed by atoms with Crippen LogP contribution in [0.1, 0.15) is 36.0 Å². The molecule has 4 rings (SSSR count). The number of H-pyrrole nitrogens is 1. The van der Waals surface area contributed by atoms with E-state index in [0.29, 0.717) is 31.1 Å². The van der Waals surface area contributed by atoms with Crippen LogP contribution < -0.4 is 15.2 Å². The number of pyridine rings is 1. The number of hydrogen-bond donors (Lipinski definition) is 1. The number of amides is 1. The van der Waals surface area contributed by atoms with E-state index in [1.807, 2.05) is 6.07 Å². The number of nitrogens with one attached hydrogen (secondary N) is 1. The van der Waals surface area contributed by atoms with Crippen molar-refractivity contribution in [1.29, 1.82) is 0 Å². The Hall–Kier alpha value is -2.90. The van der Waals surface area contributed by atoms with Gasteiger partial charge in [0.15, 0.2) is 0 Å². The van der Waals surface area contributed by atoms with Crippen molar-refractivity contribution in [1.82, 2.24) is 19.9 Å². The third-order valence-electron chi connectivity index (χ3n) is 5.24. The molecule has 8 heteroatoms. The van der Waals surface area contributed by atoms with Gasteiger partial charge >= 0.3 is 0 Å². The fourth-order valence-corrected chi connectivity index (χ4v) is 3.72. The summed E-state index contributed by atoms with van der Waals surface area (Å²) in [6, 6.07) is 5.94. The van der Waals surface area contributed by atoms with Crippen LogP contribution in [-0.4, -0.2) is 58.0 Å². The molecule has 142 valence electrons. The summed E-state index contributed by atoms with van der Waals surface area (Å²) in [5.74, 6) is 1.24. The molecule has 0 unspecified atom stereocenters. The van der Waals surface area contributed by atoms with Crippen molar-refractivity contribution in [3.63, 3.8) is 0 Å². The Labute approximate surface area is 157 Å². The zero-order chi connectivity index (χ0) is 18.8. The van der Waals surface area contributed by atoms with Crippen LogP contribution >= 0.6 is 0 Å². The number of piperidine rings is 1. The molecule has 0 bridgehead atoms. The van der Waals surface area contributed by atoms with Gasteiger partial charge in [0.2, 0.25) is 5.88 Å². The van der Waals surface area contributed by atoms with Crippen molar-refractivity contribution in [3.05, 3.63) is 46.6 Å². The van der Waals surface area contributed by atoms with Gasteiger partial charge in [0, 0.05) is 37.4 Å². The van der Waals surface area contributed by atoms with E-state index in [0.717, 1.165) is 31.5 Å². The summed E-state index contributed by atoms with van der Waals surface area (Å²) in [7, 11) is 1.60. The number of methoxy groups -OCH3 is 1. The molecule has 1 saturated heterocycles. The van der Waals surface area contributed by atoms with Gasteiger partial charge in [-0.05, 0) is 37.8 Å². The molecule has 1 aliphatic heterocycles. The Balaban J connectivity index is 1.46. The van der Waals surface area contributed by atoms with Crippen molar-refractivity contribution in [2.24, 2.45) is 0 Å². The highest BCUT2D eigenvalue weighted by atomic mass is 16.5. The Bertz CT molecular complexity index is 871. The largest absolute Gasteiger partial charge is 0.481 e. The number of hydrogen-bond acceptors (Lipinski definition) is 6. The highest BCUT2D eigenvalue weighted by molar-refractivity contribution is 5.93. The molecule has 1 aliphatic carbocycles. The monoisotopic (exact) mass is 369 g/mol. The lowest BCUT2D eigenvalue weighted by molar-refractivity contribution is 0.0710. The summed E-state index contributed by atoms with van der Waals surface area (Å²) in [5, 5.41) is 0. The number of carbonyl (C=O) groups excluding carboxylic acids is 1. The molecule has 1 saturated carbocycles. The topological polar surface area (TPSA) is 91.4 Å². The molecular weight excluding hydrogens is 346 g/mol. The van der Waals surface area contributed by atoms with Crippen LogP contribution in [0.15, 0.2) is 35.5 Å². The zero-order valence-electron chi connectivity index (χ0n) is 15.3. The second kappa shape index (κ2) is 7.38. The highest BCUT2D eigenvalue weighted by Gasteiger charge is 2.37. The Morgan fingerprint density at radius 3 is 2.63 bits per heavy atom. The van der Waals surface area contributed by atoms with Gasteiger partial charge in [-0.25, -0.2) is 9.97 Å². The van der Waals surface area contributed by atoms with E-state index in [-0.39, 0.29) is 17.0 Å². The van der Waals surface area contributed by atoms with E-state index in [1.54, 1.807) is 24.1 Å². The molecule has 3 heterocycles. The summed E-state index contributed by atoms with van der Waals surface area (Å²) in [5.41, 5.74) is -0.132. The van der Waals surface area contributed by atoms with Gasteiger partial charge < -0.3 is 19.5 Å². The van der Waals surface area contributed by atoms with Gasteiger partial charge in [0.25, 0.3) is 11.5 Å². The van der Waals surface area contributed by atoms with Gasteiger partial charge in [0.05, 0.1) is 7.11 Å². The molecule has 0 aromatic carbocycles. The van der Waals surface area contributed by atoms with Crippen molar-refractivity contribution in [3.8, 4) is 5.88 Å². The van der Waals surface area contributed by atoms with Gasteiger partial charge in [0.1, 0.15) is 17.7 Å². The summed E-state index contributed by atoms with van der Waals surface area (Å²) < 4.78 is 5.24. The molecule has 2 fully saturated rings. The first-order valence-corrected chi connectivity index (χ1v) is 9.28. The normalized spacial score (nSPS) is 17.6. The number of rotatable bonds is 5. The lowest BCUT2D eigenvalue weighted by Gasteiger charge is -2.39. The van der Waals surface area contributed by atoms with Gasteiger partial charge in [-0.3, -0.25) is 9.59 Å². The molecule has 2 aromatic heterocycles. The van der Waals surface area contributed by atoms with E-state index in [1.165, 1.54) is 12.5 Å². The first kappa shape index (κ1) is 17.5. The molecule has 0 radical (unpaired) electrons. The highest BCUT2D eigenvalue weighted by Crippen LogP contribution is 2.36. The standard InChI is InChI=1S/C19H23N5O3/c1-27-17-11-16(21-12-22-17)24(13-4-5-13)14-6-9-23(10-7-14)19(26)15-3-2-8-20-18(15)25/h2-3,8,11-14H,4-7,9-10H2,1H3,(H,20,25). The van der Waals surface area contributed by atoms with Crippen LogP contribution in [-0.2, 0) is 0 Å². The van der Waals surface area contributed by atoms with Crippen molar-refractivity contribution >= 4 is 11.7 Å². The van der Waals surface area contributed by atoms with Gasteiger partial charge in [-0.2, -0.15) is 0 Å². The minimum atomic E-state index is -0.336. The molecule has 1 N–H and O–H groups in total. The number of nitrogens with zero attached hydrogens (tertiary/aromatic N) is 4. The summed E-state index contributed by atoms with van der Waals surface area (Å²) in [6.45, 7) is 1.26. The maximum Gasteiger partial charge on any atom is 0.260 e. The van der Waals surface area contributed by atoms with E-state index >= 15 is 0 Å². The van der Waals surface area contributed by atoms with Crippen LogP contribution in [0.3, 0.4) is 0 Å². The summed E-state index contributed by atoms with van der Waals surface area (Å²) >= 11 is 0. The fourth-order valence-electron chi connectivity index (χ4n) is 3.72. The summed E-state index contributed by atoms with van der Waals surface area (Å²) in [6.07, 6.45) is 7.08. The predicted octanol–water partition coefficient (Wildman–Crippen LogP) is 1.45. The average Bonchev–Trinajstić information content (AvgIpc) is 3.54. The van der Waals surface area contributed by atoms with E-state index < -0.39 is 0 Å². The Kier molecular flexibility index (Phi) is 4.79. The number of aromatic amines is 1. The molecule has 0 spiro atoms. The number of ether oxygens (including phenoxy) is 1. The third-order valence-corrected chi connectivity index (χ3v) is 5.24. The minimum absolute atomic E-state index is 0.197. The fraction of sp³-hybridized carbons (Fsp3) is 0.474. The van der Waals surface area contributed by atoms with Crippen LogP contribution in [0.5, 0.6) is 5.88 Å². The van der Waals surface area contributed by atoms with Crippen molar-refractivity contribution < 1.29 is 9.53 Å². The molecule has 27 heavy (non-hydrogen) atoms. The van der Waals surface area contributed by atoms with Crippen molar-refractivity contribution in [2.75, 3.05) is 25.1 Å². The Morgan fingerprint density at radius 1 is 1.22 bits per heavy atom. The van der Waals surface area contributed by atoms with Crippen LogP contribution in [0.4, 0.5) is 5.82 Å². The number of likely N-dealkylation sites (tertiary alicyclic amines) is 1. The quantitative estimate of drug-likeness (QED) is 0.858. The van der Waals surface area contributed by atoms with Gasteiger partial charge in [-0.15, -0.1) is 0 Å². The molecular formula is C19H23N5O3. The maximum atomic E-state index is 12.7. The number of carbonyl (C=O) groups is 1. The van der Waals surface area contributed by atoms with Crippen LogP contribution in [0.25, 0.3) is 0 Å². The van der Waals surface area contributed by atoms with E-state index in [2.05, 4.69) is 19.9 Å². The Morgan fingerprint density at radius 2 is 1.96 bits per heavy atom. The first-order chi connectivity index (χ1) is 13.2. The third kappa shape index (κ3) is 3.65. The minimum Gasteiger partial charge on any atom is -0.481 e. The lowest BCUT2D eigenvalue weighted by atomic mass is 10.0. The molecule has 8 nitrogen and oxygen atoms in total. The number of anilines is 1. The van der Waals surface area contributed by atoms with Crippen LogP contribution in [0.2, 0.25) is 0 Å². The lowest BCUT2D eigenvalue weighted by Crippen LogP contribution is -2.48. The predicted molar refractivity (Wildman–Crippen MR) is 100 cm³/mol. The zero-order valence-corrected chi connectivity index (χ0v) is 15.3. The molecule has 2 aromatic rings.